The van der Waals surface area contributed by atoms with E-state index in [0.717, 1.165) is 24.4 Å². The molecule has 0 unspecified atom stereocenters. The van der Waals surface area contributed by atoms with Crippen LogP contribution in [0, 0.1) is 0 Å². The molecule has 1 aliphatic carbocycles. The van der Waals surface area contributed by atoms with Gasteiger partial charge >= 0.3 is 6.09 Å². The van der Waals surface area contributed by atoms with Gasteiger partial charge in [-0.15, -0.1) is 11.3 Å². The van der Waals surface area contributed by atoms with Crippen molar-refractivity contribution in [3.8, 4) is 0 Å². The van der Waals surface area contributed by atoms with Crippen LogP contribution in [-0.2, 0) is 11.3 Å². The van der Waals surface area contributed by atoms with E-state index in [1.165, 1.54) is 4.88 Å². The molecule has 0 spiro atoms. The molecule has 0 radical (unpaired) electrons. The van der Waals surface area contributed by atoms with Crippen LogP contribution in [0.15, 0.2) is 11.4 Å². The van der Waals surface area contributed by atoms with Gasteiger partial charge in [-0.05, 0) is 39.7 Å². The molecule has 2 rings (SSSR count). The van der Waals surface area contributed by atoms with E-state index in [4.69, 9.17) is 16.3 Å². The topological polar surface area (TPSA) is 50.4 Å². The summed E-state index contributed by atoms with van der Waals surface area (Å²) in [6, 6.07) is 2.65. The molecule has 2 N–H and O–H groups in total. The lowest BCUT2D eigenvalue weighted by Gasteiger charge is -2.36. The number of rotatable bonds is 4. The number of amides is 1. The van der Waals surface area contributed by atoms with Crippen molar-refractivity contribution in [1.29, 1.82) is 0 Å². The van der Waals surface area contributed by atoms with E-state index >= 15 is 0 Å². The van der Waals surface area contributed by atoms with Gasteiger partial charge in [0.05, 0.1) is 5.02 Å². The Morgan fingerprint density at radius 3 is 2.70 bits per heavy atom. The van der Waals surface area contributed by atoms with Crippen molar-refractivity contribution in [2.24, 2.45) is 0 Å². The number of nitrogens with one attached hydrogen (secondary N) is 2. The molecule has 1 aliphatic rings. The van der Waals surface area contributed by atoms with Crippen LogP contribution in [0.2, 0.25) is 5.02 Å². The first-order chi connectivity index (χ1) is 9.32. The Morgan fingerprint density at radius 2 is 2.15 bits per heavy atom. The van der Waals surface area contributed by atoms with Gasteiger partial charge in [-0.2, -0.15) is 0 Å². The van der Waals surface area contributed by atoms with Crippen LogP contribution in [0.5, 0.6) is 0 Å². The summed E-state index contributed by atoms with van der Waals surface area (Å²) < 4.78 is 5.23. The van der Waals surface area contributed by atoms with E-state index in [1.54, 1.807) is 11.3 Å². The maximum Gasteiger partial charge on any atom is 0.407 e. The van der Waals surface area contributed by atoms with Crippen molar-refractivity contribution >= 4 is 29.0 Å². The van der Waals surface area contributed by atoms with Gasteiger partial charge in [0.25, 0.3) is 0 Å². The highest BCUT2D eigenvalue weighted by atomic mass is 35.5. The van der Waals surface area contributed by atoms with E-state index < -0.39 is 5.60 Å². The highest BCUT2D eigenvalue weighted by molar-refractivity contribution is 7.10. The lowest BCUT2D eigenvalue weighted by molar-refractivity contribution is 0.0465. The molecular formula is C14H21ClN2O2S. The fourth-order valence-corrected chi connectivity index (χ4v) is 3.09. The van der Waals surface area contributed by atoms with Gasteiger partial charge < -0.3 is 15.4 Å². The first-order valence-electron chi connectivity index (χ1n) is 6.77. The summed E-state index contributed by atoms with van der Waals surface area (Å²) in [4.78, 5) is 12.8. The third-order valence-electron chi connectivity index (χ3n) is 3.05. The number of carbonyl (C=O) groups excluding carboxylic acids is 1. The number of alkyl carbamates (subject to hydrolysis) is 1. The van der Waals surface area contributed by atoms with Crippen molar-refractivity contribution in [1.82, 2.24) is 10.6 Å². The number of hydrogen-bond donors (Lipinski definition) is 2. The van der Waals surface area contributed by atoms with Crippen LogP contribution in [0.1, 0.15) is 38.5 Å². The van der Waals surface area contributed by atoms with Crippen LogP contribution < -0.4 is 10.6 Å². The second-order valence-electron chi connectivity index (χ2n) is 6.12. The SMILES string of the molecule is CC(C)(C)OC(=O)NC1CC(NCc2cc(Cl)cs2)C1. The van der Waals surface area contributed by atoms with Crippen molar-refractivity contribution < 1.29 is 9.53 Å². The summed E-state index contributed by atoms with van der Waals surface area (Å²) in [7, 11) is 0. The van der Waals surface area contributed by atoms with Gasteiger partial charge in [0.2, 0.25) is 0 Å². The quantitative estimate of drug-likeness (QED) is 0.893. The van der Waals surface area contributed by atoms with Crippen LogP contribution in [0.3, 0.4) is 0 Å². The highest BCUT2D eigenvalue weighted by Gasteiger charge is 2.31. The molecule has 4 nitrogen and oxygen atoms in total. The molecule has 112 valence electrons. The summed E-state index contributed by atoms with van der Waals surface area (Å²) in [5.41, 5.74) is -0.441. The predicted molar refractivity (Wildman–Crippen MR) is 82.3 cm³/mol. The average Bonchev–Trinajstić information content (AvgIpc) is 2.64. The highest BCUT2D eigenvalue weighted by Crippen LogP contribution is 2.23. The third-order valence-corrected chi connectivity index (χ3v) is 4.33. The molecular weight excluding hydrogens is 296 g/mol. The minimum Gasteiger partial charge on any atom is -0.444 e. The van der Waals surface area contributed by atoms with Crippen LogP contribution in [0.4, 0.5) is 4.79 Å². The van der Waals surface area contributed by atoms with E-state index in [2.05, 4.69) is 10.6 Å². The van der Waals surface area contributed by atoms with Gasteiger partial charge in [0.15, 0.2) is 0 Å². The molecule has 0 saturated heterocycles. The molecule has 1 aromatic rings. The van der Waals surface area contributed by atoms with Crippen LogP contribution in [0.25, 0.3) is 0 Å². The predicted octanol–water partition coefficient (Wildman–Crippen LogP) is 3.55. The molecule has 0 bridgehead atoms. The van der Waals surface area contributed by atoms with E-state index in [1.807, 2.05) is 32.2 Å². The molecule has 0 aromatic carbocycles. The smallest absolute Gasteiger partial charge is 0.407 e. The minimum atomic E-state index is -0.441. The zero-order valence-electron chi connectivity index (χ0n) is 12.0. The number of hydrogen-bond acceptors (Lipinski definition) is 4. The number of thiophene rings is 1. The molecule has 1 fully saturated rings. The van der Waals surface area contributed by atoms with E-state index in [0.29, 0.717) is 6.04 Å². The van der Waals surface area contributed by atoms with Gasteiger partial charge in [0, 0.05) is 28.9 Å². The van der Waals surface area contributed by atoms with Crippen molar-refractivity contribution in [3.05, 3.63) is 21.3 Å². The number of halogens is 1. The largest absolute Gasteiger partial charge is 0.444 e. The summed E-state index contributed by atoms with van der Waals surface area (Å²) >= 11 is 7.54. The van der Waals surface area contributed by atoms with E-state index in [9.17, 15) is 4.79 Å². The molecule has 1 amide bonds. The van der Waals surface area contributed by atoms with Crippen molar-refractivity contribution in [2.75, 3.05) is 0 Å². The maximum atomic E-state index is 11.6. The van der Waals surface area contributed by atoms with Gasteiger partial charge in [0.1, 0.15) is 5.60 Å². The second kappa shape index (κ2) is 6.33. The fraction of sp³-hybridized carbons (Fsp3) is 0.643. The Morgan fingerprint density at radius 1 is 1.45 bits per heavy atom. The van der Waals surface area contributed by atoms with Crippen molar-refractivity contribution in [3.63, 3.8) is 0 Å². The van der Waals surface area contributed by atoms with Crippen LogP contribution >= 0.6 is 22.9 Å². The average molecular weight is 317 g/mol. The van der Waals surface area contributed by atoms with Gasteiger partial charge in [-0.3, -0.25) is 0 Å². The molecule has 1 heterocycles. The zero-order valence-corrected chi connectivity index (χ0v) is 13.6. The molecule has 6 heteroatoms. The number of carbonyl (C=O) groups is 1. The van der Waals surface area contributed by atoms with Gasteiger partial charge in [-0.25, -0.2) is 4.79 Å². The van der Waals surface area contributed by atoms with E-state index in [-0.39, 0.29) is 12.1 Å². The molecule has 20 heavy (non-hydrogen) atoms. The lowest BCUT2D eigenvalue weighted by atomic mass is 9.87. The maximum absolute atomic E-state index is 11.6. The summed E-state index contributed by atoms with van der Waals surface area (Å²) in [5, 5.41) is 9.08. The summed E-state index contributed by atoms with van der Waals surface area (Å²) in [5.74, 6) is 0. The molecule has 0 atom stereocenters. The number of ether oxygens (including phenoxy) is 1. The molecule has 0 aliphatic heterocycles. The molecule has 1 aromatic heterocycles. The Labute approximate surface area is 128 Å². The molecule has 1 saturated carbocycles. The Hall–Kier alpha value is -0.780. The monoisotopic (exact) mass is 316 g/mol. The fourth-order valence-electron chi connectivity index (χ4n) is 2.07. The summed E-state index contributed by atoms with van der Waals surface area (Å²) in [6.45, 7) is 6.43. The van der Waals surface area contributed by atoms with Gasteiger partial charge in [-0.1, -0.05) is 11.6 Å². The normalized spacial score (nSPS) is 22.2. The first kappa shape index (κ1) is 15.6. The zero-order chi connectivity index (χ0) is 14.8. The minimum absolute atomic E-state index is 0.217. The summed E-state index contributed by atoms with van der Waals surface area (Å²) in [6.07, 6.45) is 1.56. The Balaban J connectivity index is 1.61. The van der Waals surface area contributed by atoms with Crippen molar-refractivity contribution in [2.45, 2.75) is 57.8 Å². The second-order valence-corrected chi connectivity index (χ2v) is 7.56. The third kappa shape index (κ3) is 4.96. The first-order valence-corrected chi connectivity index (χ1v) is 8.03. The Kier molecular flexibility index (Phi) is 4.94. The Bertz CT molecular complexity index is 464. The lowest BCUT2D eigenvalue weighted by Crippen LogP contribution is -2.52. The standard InChI is InChI=1S/C14H21ClN2O2S/c1-14(2,3)19-13(18)17-11-5-10(6-11)16-7-12-4-9(15)8-20-12/h4,8,10-11,16H,5-7H2,1-3H3,(H,17,18). The van der Waals surface area contributed by atoms with Crippen LogP contribution in [-0.4, -0.2) is 23.8 Å².